The van der Waals surface area contributed by atoms with Gasteiger partial charge in [-0.15, -0.1) is 0 Å². The van der Waals surface area contributed by atoms with Gasteiger partial charge in [-0.25, -0.2) is 0 Å². The second-order valence-electron chi connectivity index (χ2n) is 13.2. The highest BCUT2D eigenvalue weighted by Crippen LogP contribution is 2.41. The molecule has 0 spiro atoms. The summed E-state index contributed by atoms with van der Waals surface area (Å²) < 4.78 is 19.4. The van der Waals surface area contributed by atoms with Gasteiger partial charge in [0.15, 0.2) is 0 Å². The number of carbonyl (C=O) groups excluding carboxylic acids is 1. The summed E-state index contributed by atoms with van der Waals surface area (Å²) in [5.74, 6) is -0.325. The summed E-state index contributed by atoms with van der Waals surface area (Å²) in [6.45, 7) is 4.18. The molecule has 6 rings (SSSR count). The number of allylic oxidation sites excluding steroid dienone is 2. The Labute approximate surface area is 302 Å². The number of likely N-dealkylation sites (tertiary alicyclic amines) is 2. The van der Waals surface area contributed by atoms with Crippen LogP contribution in [0, 0.1) is 17.2 Å². The molecule has 3 aromatic rings. The molecule has 3 aliphatic rings. The van der Waals surface area contributed by atoms with Crippen molar-refractivity contribution in [3.05, 3.63) is 106 Å². The number of carboxylic acids is 1. The number of β-amino-alcohol motifs (C(OH)–C–C–N with tert-alkyl or cyclic N) is 1. The normalized spacial score (nSPS) is 22.9. The molecular formula is C39H41ClN4O7. The molecule has 266 valence electrons. The van der Waals surface area contributed by atoms with E-state index in [-0.39, 0.29) is 38.1 Å². The van der Waals surface area contributed by atoms with E-state index in [0.29, 0.717) is 72.2 Å². The van der Waals surface area contributed by atoms with Crippen molar-refractivity contribution in [2.24, 2.45) is 5.92 Å². The largest absolute Gasteiger partial charge is 0.489 e. The fourth-order valence-corrected chi connectivity index (χ4v) is 6.98. The van der Waals surface area contributed by atoms with E-state index >= 15 is 0 Å². The zero-order valence-electron chi connectivity index (χ0n) is 28.4. The lowest BCUT2D eigenvalue weighted by molar-refractivity contribution is -0.148. The number of carboxylic acid groups (broad SMARTS) is 1. The highest BCUT2D eigenvalue weighted by atomic mass is 35.5. The van der Waals surface area contributed by atoms with Gasteiger partial charge in [-0.1, -0.05) is 61.0 Å². The van der Waals surface area contributed by atoms with Crippen molar-refractivity contribution >= 4 is 29.1 Å². The molecule has 2 saturated heterocycles. The molecule has 1 aliphatic carbocycles. The maximum Gasteiger partial charge on any atom is 0.320 e. The third-order valence-corrected chi connectivity index (χ3v) is 10.1. The molecule has 2 unspecified atom stereocenters. The van der Waals surface area contributed by atoms with Crippen molar-refractivity contribution in [1.29, 1.82) is 5.26 Å². The number of aliphatic hydroxyl groups is 1. The predicted octanol–water partition coefficient (Wildman–Crippen LogP) is 5.25. The Morgan fingerprint density at radius 3 is 2.63 bits per heavy atom. The molecule has 1 amide bonds. The predicted molar refractivity (Wildman–Crippen MR) is 190 cm³/mol. The Bertz CT molecular complexity index is 1840. The van der Waals surface area contributed by atoms with Crippen LogP contribution >= 0.6 is 11.6 Å². The van der Waals surface area contributed by atoms with E-state index in [1.807, 2.05) is 47.4 Å². The fourth-order valence-electron chi connectivity index (χ4n) is 6.74. The Kier molecular flexibility index (Phi) is 11.4. The molecule has 51 heavy (non-hydrogen) atoms. The van der Waals surface area contributed by atoms with E-state index in [2.05, 4.69) is 24.1 Å². The maximum absolute atomic E-state index is 12.9. The first-order valence-electron chi connectivity index (χ1n) is 17.1. The van der Waals surface area contributed by atoms with Crippen molar-refractivity contribution < 1.29 is 34.0 Å². The van der Waals surface area contributed by atoms with Gasteiger partial charge in [0, 0.05) is 61.7 Å². The lowest BCUT2D eigenvalue weighted by Gasteiger charge is -2.40. The van der Waals surface area contributed by atoms with Gasteiger partial charge in [-0.2, -0.15) is 5.26 Å². The van der Waals surface area contributed by atoms with Crippen LogP contribution in [0.2, 0.25) is 5.02 Å². The van der Waals surface area contributed by atoms with Gasteiger partial charge >= 0.3 is 5.97 Å². The number of aromatic nitrogens is 1. The zero-order valence-corrected chi connectivity index (χ0v) is 29.2. The topological polar surface area (TPSA) is 145 Å². The average Bonchev–Trinajstić information content (AvgIpc) is 3.56. The molecule has 2 aromatic carbocycles. The number of aliphatic carboxylic acids is 1. The number of rotatable bonds is 14. The Hall–Kier alpha value is -4.73. The summed E-state index contributed by atoms with van der Waals surface area (Å²) in [6, 6.07) is 16.7. The molecule has 1 aromatic heterocycles. The molecule has 11 nitrogen and oxygen atoms in total. The SMILES string of the molecule is CC1C(c2ccccc2)=CC=CC1(COc1cc(OCc2cncc(C#N)c2)c(CN2CC[C@H]2C(=O)O)cc1Cl)OCCC(=O)N1CC[C@@H](O)C1. The molecule has 0 bridgehead atoms. The molecular weight excluding hydrogens is 672 g/mol. The molecule has 2 fully saturated rings. The van der Waals surface area contributed by atoms with E-state index < -0.39 is 23.7 Å². The first-order chi connectivity index (χ1) is 24.7. The van der Waals surface area contributed by atoms with Crippen LogP contribution in [0.15, 0.2) is 79.2 Å². The standard InChI is InChI=1S/C39H41ClN4O7/c1-26-32(29-6-3-2-4-7-29)8-5-12-39(26,51-15-11-37(46)44-13-9-31(45)23-44)25-50-36-18-35(49-24-28-16-27(19-41)20-42-21-28)30(17-33(36)40)22-43-14-10-34(43)38(47)48/h2-8,12,16-18,20-21,26,31,34,45H,9-11,13-15,22-25H2,1H3,(H,47,48)/t26?,31-,34+,39?/m1/s1. The maximum atomic E-state index is 12.9. The number of amides is 1. The molecule has 12 heteroatoms. The summed E-state index contributed by atoms with van der Waals surface area (Å²) in [4.78, 5) is 32.3. The van der Waals surface area contributed by atoms with E-state index in [4.69, 9.17) is 25.8 Å². The van der Waals surface area contributed by atoms with Crippen molar-refractivity contribution in [1.82, 2.24) is 14.8 Å². The molecule has 4 atom stereocenters. The highest BCUT2D eigenvalue weighted by Gasteiger charge is 2.41. The number of hydrogen-bond donors (Lipinski definition) is 2. The number of pyridine rings is 1. The van der Waals surface area contributed by atoms with Crippen LogP contribution in [-0.2, 0) is 27.5 Å². The summed E-state index contributed by atoms with van der Waals surface area (Å²) >= 11 is 6.85. The zero-order chi connectivity index (χ0) is 36.0. The second-order valence-corrected chi connectivity index (χ2v) is 13.6. The van der Waals surface area contributed by atoms with Crippen molar-refractivity contribution in [2.75, 3.05) is 32.8 Å². The third-order valence-electron chi connectivity index (χ3n) is 9.84. The number of hydrogen-bond acceptors (Lipinski definition) is 9. The monoisotopic (exact) mass is 712 g/mol. The fraction of sp³-hybridized carbons (Fsp3) is 0.385. The third kappa shape index (κ3) is 8.43. The molecule has 2 aliphatic heterocycles. The number of aliphatic hydroxyl groups excluding tert-OH is 1. The van der Waals surface area contributed by atoms with Crippen LogP contribution in [0.25, 0.3) is 5.57 Å². The minimum atomic E-state index is -0.969. The molecule has 2 N–H and O–H groups in total. The van der Waals surface area contributed by atoms with E-state index in [9.17, 15) is 25.1 Å². The summed E-state index contributed by atoms with van der Waals surface area (Å²) in [6.07, 6.45) is 9.85. The smallest absolute Gasteiger partial charge is 0.320 e. The summed E-state index contributed by atoms with van der Waals surface area (Å²) in [7, 11) is 0. The van der Waals surface area contributed by atoms with Gasteiger partial charge in [0.2, 0.25) is 5.91 Å². The minimum Gasteiger partial charge on any atom is -0.489 e. The average molecular weight is 713 g/mol. The minimum absolute atomic E-state index is 0.0608. The second kappa shape index (κ2) is 16.1. The van der Waals surface area contributed by atoms with Gasteiger partial charge in [-0.3, -0.25) is 19.5 Å². The lowest BCUT2D eigenvalue weighted by atomic mass is 9.77. The van der Waals surface area contributed by atoms with Gasteiger partial charge < -0.3 is 29.3 Å². The number of nitrogens with zero attached hydrogens (tertiary/aromatic N) is 4. The number of nitriles is 1. The van der Waals surface area contributed by atoms with Gasteiger partial charge in [0.1, 0.15) is 42.4 Å². The quantitative estimate of drug-likeness (QED) is 0.227. The van der Waals surface area contributed by atoms with Crippen molar-refractivity contribution in [3.8, 4) is 17.6 Å². The number of benzene rings is 2. The van der Waals surface area contributed by atoms with E-state index in [0.717, 1.165) is 11.1 Å². The van der Waals surface area contributed by atoms with Crippen LogP contribution < -0.4 is 9.47 Å². The Morgan fingerprint density at radius 2 is 1.92 bits per heavy atom. The van der Waals surface area contributed by atoms with Gasteiger partial charge in [0.05, 0.1) is 29.7 Å². The van der Waals surface area contributed by atoms with Gasteiger partial charge in [-0.05, 0) is 42.2 Å². The van der Waals surface area contributed by atoms with Crippen LogP contribution in [0.3, 0.4) is 0 Å². The van der Waals surface area contributed by atoms with Crippen LogP contribution in [-0.4, -0.2) is 87.5 Å². The van der Waals surface area contributed by atoms with Crippen LogP contribution in [0.5, 0.6) is 11.5 Å². The number of ether oxygens (including phenoxy) is 3. The van der Waals surface area contributed by atoms with E-state index in [1.54, 1.807) is 29.3 Å². The molecule has 0 radical (unpaired) electrons. The molecule has 0 saturated carbocycles. The Balaban J connectivity index is 1.25. The van der Waals surface area contributed by atoms with Crippen molar-refractivity contribution in [3.63, 3.8) is 0 Å². The first kappa shape index (κ1) is 36.1. The number of halogens is 1. The molecule has 3 heterocycles. The number of carbonyl (C=O) groups is 2. The first-order valence-corrected chi connectivity index (χ1v) is 17.5. The van der Waals surface area contributed by atoms with E-state index in [1.165, 1.54) is 6.20 Å². The highest BCUT2D eigenvalue weighted by molar-refractivity contribution is 6.32. The summed E-state index contributed by atoms with van der Waals surface area (Å²) in [5.41, 5.74) is 2.92. The summed E-state index contributed by atoms with van der Waals surface area (Å²) in [5, 5.41) is 29.2. The van der Waals surface area contributed by atoms with Gasteiger partial charge in [0.25, 0.3) is 0 Å². The van der Waals surface area contributed by atoms with Crippen molar-refractivity contribution in [2.45, 2.75) is 57.1 Å². The lowest BCUT2D eigenvalue weighted by Crippen LogP contribution is -2.51. The van der Waals surface area contributed by atoms with Crippen LogP contribution in [0.1, 0.15) is 48.4 Å². The Morgan fingerprint density at radius 1 is 1.10 bits per heavy atom. The van der Waals surface area contributed by atoms with Crippen LogP contribution in [0.4, 0.5) is 0 Å².